The number of carbonyl (C=O) groups excluding carboxylic acids is 1. The zero-order valence-electron chi connectivity index (χ0n) is 11.7. The molecule has 0 unspecified atom stereocenters. The second-order valence-electron chi connectivity index (χ2n) is 4.12. The molecule has 0 atom stereocenters. The summed E-state index contributed by atoms with van der Waals surface area (Å²) in [6, 6.07) is 7.60. The monoisotopic (exact) mass is 266 g/mol. The van der Waals surface area contributed by atoms with Gasteiger partial charge in [0.1, 0.15) is 0 Å². The van der Waals surface area contributed by atoms with Gasteiger partial charge < -0.3 is 20.1 Å². The Kier molecular flexibility index (Phi) is 7.10. The molecule has 1 aromatic rings. The van der Waals surface area contributed by atoms with E-state index >= 15 is 0 Å². The molecule has 0 saturated heterocycles. The van der Waals surface area contributed by atoms with E-state index in [0.29, 0.717) is 12.1 Å². The van der Waals surface area contributed by atoms with Crippen LogP contribution >= 0.6 is 0 Å². The molecule has 0 bridgehead atoms. The van der Waals surface area contributed by atoms with Gasteiger partial charge in [0, 0.05) is 19.8 Å². The minimum atomic E-state index is -0.423. The van der Waals surface area contributed by atoms with Crippen LogP contribution in [0.5, 0.6) is 0 Å². The molecule has 1 aromatic carbocycles. The van der Waals surface area contributed by atoms with Crippen molar-refractivity contribution in [1.82, 2.24) is 10.6 Å². The van der Waals surface area contributed by atoms with E-state index in [1.165, 1.54) is 0 Å². The fraction of sp³-hybridized carbons (Fsp3) is 0.500. The van der Waals surface area contributed by atoms with E-state index < -0.39 is 6.29 Å². The van der Waals surface area contributed by atoms with E-state index in [1.807, 2.05) is 31.3 Å². The quantitative estimate of drug-likeness (QED) is 0.683. The number of amides is 1. The highest BCUT2D eigenvalue weighted by atomic mass is 16.7. The molecule has 1 amide bonds. The summed E-state index contributed by atoms with van der Waals surface area (Å²) in [4.78, 5) is 12.1. The highest BCUT2D eigenvalue weighted by molar-refractivity contribution is 5.95. The third kappa shape index (κ3) is 4.98. The van der Waals surface area contributed by atoms with Crippen molar-refractivity contribution in [3.8, 4) is 0 Å². The standard InChI is InChI=1S/C14H22N2O3/c1-15-9-8-11-6-4-5-7-12(11)14(17)16-10-13(18-2)19-3/h4-7,13,15H,8-10H2,1-3H3,(H,16,17). The van der Waals surface area contributed by atoms with Crippen molar-refractivity contribution in [2.24, 2.45) is 0 Å². The molecular formula is C14H22N2O3. The van der Waals surface area contributed by atoms with Gasteiger partial charge in [-0.15, -0.1) is 0 Å². The summed E-state index contributed by atoms with van der Waals surface area (Å²) in [6.45, 7) is 1.16. The molecule has 0 aliphatic carbocycles. The number of hydrogen-bond donors (Lipinski definition) is 2. The first-order chi connectivity index (χ1) is 9.22. The lowest BCUT2D eigenvalue weighted by Gasteiger charge is -2.15. The summed E-state index contributed by atoms with van der Waals surface area (Å²) in [5.41, 5.74) is 1.73. The zero-order valence-corrected chi connectivity index (χ0v) is 11.7. The van der Waals surface area contributed by atoms with Crippen LogP contribution in [0.25, 0.3) is 0 Å². The number of carbonyl (C=O) groups is 1. The van der Waals surface area contributed by atoms with Gasteiger partial charge in [-0.3, -0.25) is 4.79 Å². The molecular weight excluding hydrogens is 244 g/mol. The van der Waals surface area contributed by atoms with Crippen molar-refractivity contribution in [2.75, 3.05) is 34.4 Å². The van der Waals surface area contributed by atoms with Crippen LogP contribution in [0, 0.1) is 0 Å². The number of likely N-dealkylation sites (N-methyl/N-ethyl adjacent to an activating group) is 1. The van der Waals surface area contributed by atoms with Gasteiger partial charge in [-0.25, -0.2) is 0 Å². The average molecular weight is 266 g/mol. The highest BCUT2D eigenvalue weighted by Gasteiger charge is 2.12. The van der Waals surface area contributed by atoms with Crippen LogP contribution in [0.3, 0.4) is 0 Å². The summed E-state index contributed by atoms with van der Waals surface area (Å²) in [5.74, 6) is -0.106. The summed E-state index contributed by atoms with van der Waals surface area (Å²) < 4.78 is 10.1. The van der Waals surface area contributed by atoms with Gasteiger partial charge in [-0.1, -0.05) is 18.2 Å². The fourth-order valence-corrected chi connectivity index (χ4v) is 1.75. The largest absolute Gasteiger partial charge is 0.354 e. The molecule has 0 aliphatic rings. The number of nitrogens with one attached hydrogen (secondary N) is 2. The molecule has 5 nitrogen and oxygen atoms in total. The van der Waals surface area contributed by atoms with E-state index in [-0.39, 0.29) is 5.91 Å². The van der Waals surface area contributed by atoms with Crippen LogP contribution < -0.4 is 10.6 Å². The van der Waals surface area contributed by atoms with Crippen LogP contribution in [0.2, 0.25) is 0 Å². The Morgan fingerprint density at radius 1 is 1.26 bits per heavy atom. The first kappa shape index (κ1) is 15.6. The molecule has 0 radical (unpaired) electrons. The normalized spacial score (nSPS) is 10.7. The number of methoxy groups -OCH3 is 2. The summed E-state index contributed by atoms with van der Waals surface area (Å²) in [5, 5.41) is 5.89. The minimum absolute atomic E-state index is 0.106. The molecule has 19 heavy (non-hydrogen) atoms. The first-order valence-corrected chi connectivity index (χ1v) is 6.29. The Hall–Kier alpha value is -1.43. The van der Waals surface area contributed by atoms with Gasteiger partial charge in [0.15, 0.2) is 6.29 Å². The lowest BCUT2D eigenvalue weighted by Crippen LogP contribution is -2.34. The molecule has 0 spiro atoms. The van der Waals surface area contributed by atoms with E-state index in [0.717, 1.165) is 18.5 Å². The molecule has 5 heteroatoms. The summed E-state index contributed by atoms with van der Waals surface area (Å²) in [6.07, 6.45) is 0.395. The van der Waals surface area contributed by atoms with E-state index in [4.69, 9.17) is 9.47 Å². The van der Waals surface area contributed by atoms with Gasteiger partial charge in [-0.2, -0.15) is 0 Å². The molecule has 0 saturated carbocycles. The smallest absolute Gasteiger partial charge is 0.251 e. The van der Waals surface area contributed by atoms with Crippen molar-refractivity contribution in [3.05, 3.63) is 35.4 Å². The zero-order chi connectivity index (χ0) is 14.1. The predicted molar refractivity (Wildman–Crippen MR) is 74.2 cm³/mol. The van der Waals surface area contributed by atoms with Crippen molar-refractivity contribution in [2.45, 2.75) is 12.7 Å². The van der Waals surface area contributed by atoms with Crippen LogP contribution in [0.4, 0.5) is 0 Å². The molecule has 0 aliphatic heterocycles. The molecule has 0 aromatic heterocycles. The average Bonchev–Trinajstić information content (AvgIpc) is 2.46. The number of rotatable bonds is 8. The second-order valence-corrected chi connectivity index (χ2v) is 4.12. The van der Waals surface area contributed by atoms with Crippen molar-refractivity contribution in [1.29, 1.82) is 0 Å². The number of benzene rings is 1. The van der Waals surface area contributed by atoms with E-state index in [2.05, 4.69) is 10.6 Å². The third-order valence-corrected chi connectivity index (χ3v) is 2.86. The summed E-state index contributed by atoms with van der Waals surface area (Å²) in [7, 11) is 4.98. The van der Waals surface area contributed by atoms with Crippen LogP contribution in [-0.2, 0) is 15.9 Å². The Bertz CT molecular complexity index is 392. The summed E-state index contributed by atoms with van der Waals surface area (Å²) >= 11 is 0. The van der Waals surface area contributed by atoms with Crippen LogP contribution in [-0.4, -0.2) is 46.6 Å². The maximum atomic E-state index is 12.1. The first-order valence-electron chi connectivity index (χ1n) is 6.29. The van der Waals surface area contributed by atoms with Gasteiger partial charge in [0.2, 0.25) is 0 Å². The number of hydrogen-bond acceptors (Lipinski definition) is 4. The maximum Gasteiger partial charge on any atom is 0.251 e. The van der Waals surface area contributed by atoms with Crippen molar-refractivity contribution in [3.63, 3.8) is 0 Å². The topological polar surface area (TPSA) is 59.6 Å². The fourth-order valence-electron chi connectivity index (χ4n) is 1.75. The second kappa shape index (κ2) is 8.63. The minimum Gasteiger partial charge on any atom is -0.354 e. The maximum absolute atomic E-state index is 12.1. The van der Waals surface area contributed by atoms with Crippen LogP contribution in [0.15, 0.2) is 24.3 Å². The SMILES string of the molecule is CNCCc1ccccc1C(=O)NCC(OC)OC. The Morgan fingerprint density at radius 2 is 1.95 bits per heavy atom. The molecule has 0 fully saturated rings. The van der Waals surface area contributed by atoms with Gasteiger partial charge in [-0.05, 0) is 31.6 Å². The lowest BCUT2D eigenvalue weighted by molar-refractivity contribution is -0.0974. The number of ether oxygens (including phenoxy) is 2. The van der Waals surface area contributed by atoms with Gasteiger partial charge >= 0.3 is 0 Å². The van der Waals surface area contributed by atoms with Crippen molar-refractivity contribution < 1.29 is 14.3 Å². The highest BCUT2D eigenvalue weighted by Crippen LogP contribution is 2.09. The van der Waals surface area contributed by atoms with Gasteiger partial charge in [0.25, 0.3) is 5.91 Å². The molecule has 106 valence electrons. The van der Waals surface area contributed by atoms with E-state index in [9.17, 15) is 4.79 Å². The molecule has 2 N–H and O–H groups in total. The Balaban J connectivity index is 2.65. The van der Waals surface area contributed by atoms with Crippen LogP contribution in [0.1, 0.15) is 15.9 Å². The van der Waals surface area contributed by atoms with Crippen molar-refractivity contribution >= 4 is 5.91 Å². The Morgan fingerprint density at radius 3 is 2.58 bits per heavy atom. The third-order valence-electron chi connectivity index (χ3n) is 2.86. The molecule has 1 rings (SSSR count). The van der Waals surface area contributed by atoms with E-state index in [1.54, 1.807) is 14.2 Å². The predicted octanol–water partition coefficient (Wildman–Crippen LogP) is 0.797. The Labute approximate surface area is 114 Å². The van der Waals surface area contributed by atoms with Gasteiger partial charge in [0.05, 0.1) is 6.54 Å². The molecule has 0 heterocycles. The lowest BCUT2D eigenvalue weighted by atomic mass is 10.0.